The van der Waals surface area contributed by atoms with Crippen LogP contribution in [-0.2, 0) is 19.1 Å². The zero-order chi connectivity index (χ0) is 25.8. The van der Waals surface area contributed by atoms with Crippen molar-refractivity contribution in [1.82, 2.24) is 20.0 Å². The van der Waals surface area contributed by atoms with E-state index in [9.17, 15) is 27.6 Å². The Morgan fingerprint density at radius 3 is 2.54 bits per heavy atom. The Hall–Kier alpha value is -1.49. The highest BCUT2D eigenvalue weighted by molar-refractivity contribution is 7.99. The van der Waals surface area contributed by atoms with Gasteiger partial charge in [-0.25, -0.2) is 17.8 Å². The van der Waals surface area contributed by atoms with Crippen LogP contribution < -0.4 is 5.32 Å². The molecule has 2 aliphatic rings. The summed E-state index contributed by atoms with van der Waals surface area (Å²) >= 11 is 6.14. The van der Waals surface area contributed by atoms with Crippen LogP contribution in [0.2, 0.25) is 5.15 Å². The molecule has 1 saturated heterocycles. The van der Waals surface area contributed by atoms with Crippen LogP contribution in [0.1, 0.15) is 31.9 Å². The summed E-state index contributed by atoms with van der Waals surface area (Å²) in [6, 6.07) is 1.74. The molecule has 0 amide bonds. The van der Waals surface area contributed by atoms with E-state index in [0.29, 0.717) is 5.69 Å². The minimum atomic E-state index is -5.98. The fourth-order valence-electron chi connectivity index (χ4n) is 4.24. The first-order valence-corrected chi connectivity index (χ1v) is 14.2. The van der Waals surface area contributed by atoms with Crippen LogP contribution in [0.3, 0.4) is 0 Å². The van der Waals surface area contributed by atoms with Crippen LogP contribution in [0.25, 0.3) is 11.2 Å². The number of fused-ring (bicyclic) bond motifs is 1. The third-order valence-electron chi connectivity index (χ3n) is 6.18. The summed E-state index contributed by atoms with van der Waals surface area (Å²) in [4.78, 5) is 22.4. The molecule has 0 radical (unpaired) electrons. The lowest BCUT2D eigenvalue weighted by Gasteiger charge is -2.25. The minimum Gasteiger partial charge on any atom is -0.391 e. The molecule has 35 heavy (non-hydrogen) atoms. The first-order chi connectivity index (χ1) is 16.3. The summed E-state index contributed by atoms with van der Waals surface area (Å²) in [5, 5.41) is 41.2. The number of nitrogens with one attached hydrogen (secondary N) is 1. The first kappa shape index (κ1) is 26.6. The molecule has 2 aromatic heterocycles. The van der Waals surface area contributed by atoms with Crippen LogP contribution in [0.15, 0.2) is 6.07 Å². The van der Waals surface area contributed by atoms with Gasteiger partial charge < -0.3 is 35.2 Å². The second kappa shape index (κ2) is 9.43. The predicted molar refractivity (Wildman–Crippen MR) is 119 cm³/mol. The van der Waals surface area contributed by atoms with E-state index in [-0.39, 0.29) is 22.4 Å². The average molecular weight is 560 g/mol. The number of pyridine rings is 1. The number of aromatic nitrogens is 4. The number of aliphatic hydroxyl groups excluding tert-OH is 3. The average Bonchev–Trinajstić information content (AvgIpc) is 3.49. The molecule has 18 heteroatoms. The van der Waals surface area contributed by atoms with Crippen molar-refractivity contribution in [2.75, 3.05) is 17.7 Å². The highest BCUT2D eigenvalue weighted by atomic mass is 35.5. The third kappa shape index (κ3) is 4.67. The van der Waals surface area contributed by atoms with Crippen LogP contribution in [0.4, 0.5) is 10.1 Å². The lowest BCUT2D eigenvalue weighted by atomic mass is 10.1. The molecule has 1 aliphatic heterocycles. The largest absolute Gasteiger partial charge is 0.391 e. The van der Waals surface area contributed by atoms with E-state index in [2.05, 4.69) is 20.6 Å². The molecule has 6 N–H and O–H groups in total. The van der Waals surface area contributed by atoms with E-state index in [1.807, 2.05) is 0 Å². The molecule has 3 heterocycles. The van der Waals surface area contributed by atoms with Gasteiger partial charge in [-0.3, -0.25) is 4.57 Å². The van der Waals surface area contributed by atoms with Crippen molar-refractivity contribution >= 4 is 45.9 Å². The van der Waals surface area contributed by atoms with Crippen molar-refractivity contribution in [1.29, 1.82) is 0 Å². The molecule has 1 unspecified atom stereocenters. The van der Waals surface area contributed by atoms with Gasteiger partial charge in [0.05, 0.1) is 11.4 Å². The number of nitrogens with zero attached hydrogens (tertiary/aromatic N) is 4. The van der Waals surface area contributed by atoms with Crippen LogP contribution >= 0.6 is 19.2 Å². The van der Waals surface area contributed by atoms with Crippen molar-refractivity contribution in [3.63, 3.8) is 0 Å². The summed E-state index contributed by atoms with van der Waals surface area (Å²) in [6.45, 7) is -2.03. The molecule has 1 aliphatic carbocycles. The summed E-state index contributed by atoms with van der Waals surface area (Å²) in [5.74, 6) is -1.46. The lowest BCUT2D eigenvalue weighted by Crippen LogP contribution is -2.44. The fourth-order valence-corrected chi connectivity index (χ4v) is 7.45. The van der Waals surface area contributed by atoms with E-state index < -0.39 is 59.1 Å². The maximum atomic E-state index is 14.7. The highest BCUT2D eigenvalue weighted by Crippen LogP contribution is 2.55. The Labute approximate surface area is 203 Å². The van der Waals surface area contributed by atoms with Crippen LogP contribution in [0.5, 0.6) is 0 Å². The van der Waals surface area contributed by atoms with Gasteiger partial charge in [-0.2, -0.15) is 4.68 Å². The van der Waals surface area contributed by atoms with Gasteiger partial charge in [-0.1, -0.05) is 29.7 Å². The van der Waals surface area contributed by atoms with Gasteiger partial charge in [0.15, 0.2) is 17.4 Å². The Bertz CT molecular complexity index is 1260. The molecule has 4 rings (SSSR count). The lowest BCUT2D eigenvalue weighted by molar-refractivity contribution is -0.0377. The van der Waals surface area contributed by atoms with E-state index in [1.54, 1.807) is 6.07 Å². The standard InChI is InChI=1S/C17H24ClFN5O9PS/c18-11-5-9(20-8-3-1-2-4-8)12-15(21-11)24(23-22-12)16-14(27)13(26)10(33-16)6-35(31,32)17(19,7-25)34(28,29)30/h5,8,10,13-14,16,25-27H,1-4,6-7H2,(H,20,21)(H2,28,29,30)/t10-,13-,14-,16-,17?/m1/s1. The molecule has 2 aromatic rings. The third-order valence-corrected chi connectivity index (χ3v) is 10.8. The monoisotopic (exact) mass is 559 g/mol. The maximum Gasteiger partial charge on any atom is 0.380 e. The minimum absolute atomic E-state index is 0.0446. The number of hydrogen-bond acceptors (Lipinski definition) is 11. The Morgan fingerprint density at radius 2 is 1.94 bits per heavy atom. The molecule has 1 saturated carbocycles. The van der Waals surface area contributed by atoms with Gasteiger partial charge in [0.1, 0.15) is 30.1 Å². The molecule has 0 bridgehead atoms. The molecule has 0 spiro atoms. The second-order valence-electron chi connectivity index (χ2n) is 8.54. The zero-order valence-corrected chi connectivity index (χ0v) is 20.4. The molecular formula is C17H24ClFN5O9PS. The van der Waals surface area contributed by atoms with Gasteiger partial charge >= 0.3 is 12.3 Å². The molecule has 196 valence electrons. The molecular weight excluding hydrogens is 536 g/mol. The van der Waals surface area contributed by atoms with Crippen molar-refractivity contribution in [2.45, 2.75) is 61.0 Å². The number of ether oxygens (including phenoxy) is 1. The molecule has 5 atom stereocenters. The Morgan fingerprint density at radius 1 is 1.29 bits per heavy atom. The van der Waals surface area contributed by atoms with Crippen LogP contribution in [-0.4, -0.2) is 95.0 Å². The van der Waals surface area contributed by atoms with Crippen molar-refractivity contribution in [3.05, 3.63) is 11.2 Å². The smallest absolute Gasteiger partial charge is 0.380 e. The van der Waals surface area contributed by atoms with E-state index in [1.165, 1.54) is 0 Å². The summed E-state index contributed by atoms with van der Waals surface area (Å²) in [7, 11) is -11.4. The Balaban J connectivity index is 1.63. The van der Waals surface area contributed by atoms with Crippen molar-refractivity contribution in [2.24, 2.45) is 0 Å². The number of rotatable bonds is 8. The quantitative estimate of drug-likeness (QED) is 0.180. The van der Waals surface area contributed by atoms with E-state index >= 15 is 0 Å². The van der Waals surface area contributed by atoms with Crippen molar-refractivity contribution in [3.8, 4) is 0 Å². The molecule has 14 nitrogen and oxygen atoms in total. The number of hydrogen-bond donors (Lipinski definition) is 6. The number of alkyl halides is 1. The van der Waals surface area contributed by atoms with E-state index in [0.717, 1.165) is 30.4 Å². The number of halogens is 2. The van der Waals surface area contributed by atoms with Gasteiger partial charge in [0, 0.05) is 12.1 Å². The van der Waals surface area contributed by atoms with Crippen LogP contribution in [0, 0.1) is 0 Å². The van der Waals surface area contributed by atoms with E-state index in [4.69, 9.17) is 31.2 Å². The Kier molecular flexibility index (Phi) is 7.16. The summed E-state index contributed by atoms with van der Waals surface area (Å²) in [5.41, 5.74) is 0.840. The summed E-state index contributed by atoms with van der Waals surface area (Å²) < 4.78 is 53.0. The SMILES string of the molecule is O=P(O)(O)C(F)(CO)S(=O)(=O)C[C@H]1O[C@@H](n2nnc3c(NC4CCCC4)cc(Cl)nc32)[C@H](O)[C@@H]1O. The normalized spacial score (nSPS) is 28.0. The number of sulfone groups is 1. The topological polar surface area (TPSA) is 217 Å². The highest BCUT2D eigenvalue weighted by Gasteiger charge is 2.60. The van der Waals surface area contributed by atoms with Gasteiger partial charge in [0.2, 0.25) is 9.84 Å². The fraction of sp³-hybridized carbons (Fsp3) is 0.706. The van der Waals surface area contributed by atoms with Gasteiger partial charge in [-0.05, 0) is 12.8 Å². The second-order valence-corrected chi connectivity index (χ2v) is 13.2. The first-order valence-electron chi connectivity index (χ1n) is 10.6. The van der Waals surface area contributed by atoms with Crippen molar-refractivity contribution < 1.29 is 47.2 Å². The van der Waals surface area contributed by atoms with Gasteiger partial charge in [0.25, 0.3) is 0 Å². The number of aliphatic hydroxyl groups is 3. The maximum absolute atomic E-state index is 14.7. The van der Waals surface area contributed by atoms with Gasteiger partial charge in [-0.15, -0.1) is 5.10 Å². The molecule has 0 aromatic carbocycles. The predicted octanol–water partition coefficient (Wildman–Crippen LogP) is -0.339. The molecule has 2 fully saturated rings. The number of anilines is 1. The zero-order valence-electron chi connectivity index (χ0n) is 18.0. The summed E-state index contributed by atoms with van der Waals surface area (Å²) in [6.07, 6.45) is -3.08.